The number of hydrogen-bond donors (Lipinski definition) is 1. The summed E-state index contributed by atoms with van der Waals surface area (Å²) in [4.78, 5) is 26.3. The minimum absolute atomic E-state index is 0.0435. The van der Waals surface area contributed by atoms with Gasteiger partial charge in [0.1, 0.15) is 5.92 Å². The van der Waals surface area contributed by atoms with E-state index in [1.165, 1.54) is 0 Å². The number of nitrogens with one attached hydrogen (secondary N) is 1. The van der Waals surface area contributed by atoms with Crippen molar-refractivity contribution in [1.29, 1.82) is 5.26 Å². The summed E-state index contributed by atoms with van der Waals surface area (Å²) in [6, 6.07) is 9.74. The first-order valence-corrected chi connectivity index (χ1v) is 7.65. The summed E-state index contributed by atoms with van der Waals surface area (Å²) in [5.41, 5.74) is 1.71. The quantitative estimate of drug-likeness (QED) is 0.853. The van der Waals surface area contributed by atoms with Crippen molar-refractivity contribution in [1.82, 2.24) is 10.2 Å². The van der Waals surface area contributed by atoms with Crippen molar-refractivity contribution in [3.8, 4) is 6.07 Å². The molecule has 2 aliphatic rings. The van der Waals surface area contributed by atoms with E-state index in [2.05, 4.69) is 11.4 Å². The zero-order valence-electron chi connectivity index (χ0n) is 12.6. The molecule has 1 aromatic carbocycles. The highest BCUT2D eigenvalue weighted by atomic mass is 16.2. The van der Waals surface area contributed by atoms with Gasteiger partial charge in [-0.15, -0.1) is 0 Å². The lowest BCUT2D eigenvalue weighted by Crippen LogP contribution is -2.57. The average molecular weight is 297 g/mol. The van der Waals surface area contributed by atoms with Crippen molar-refractivity contribution in [2.75, 3.05) is 13.1 Å². The van der Waals surface area contributed by atoms with Gasteiger partial charge in [0, 0.05) is 24.7 Å². The van der Waals surface area contributed by atoms with Crippen LogP contribution in [0.3, 0.4) is 0 Å². The molecule has 3 rings (SSSR count). The number of likely N-dealkylation sites (tertiary alicyclic amines) is 1. The first-order valence-electron chi connectivity index (χ1n) is 7.65. The number of piperidine rings is 2. The number of rotatable bonds is 1. The molecular weight excluding hydrogens is 278 g/mol. The number of benzene rings is 1. The average Bonchev–Trinajstić information content (AvgIpc) is 2.53. The number of hydrogen-bond acceptors (Lipinski definition) is 3. The molecule has 2 aliphatic heterocycles. The highest BCUT2D eigenvalue weighted by Gasteiger charge is 2.40. The third-order valence-corrected chi connectivity index (χ3v) is 4.74. The molecule has 5 nitrogen and oxygen atoms in total. The van der Waals surface area contributed by atoms with Crippen LogP contribution in [-0.4, -0.2) is 35.8 Å². The molecule has 0 aromatic heterocycles. The second-order valence-electron chi connectivity index (χ2n) is 6.15. The van der Waals surface area contributed by atoms with Crippen LogP contribution in [0.2, 0.25) is 0 Å². The van der Waals surface area contributed by atoms with Crippen molar-refractivity contribution in [3.63, 3.8) is 0 Å². The number of aryl methyl sites for hydroxylation is 1. The van der Waals surface area contributed by atoms with Gasteiger partial charge in [-0.25, -0.2) is 0 Å². The lowest BCUT2D eigenvalue weighted by molar-refractivity contribution is -0.128. The van der Waals surface area contributed by atoms with Crippen LogP contribution in [0.1, 0.15) is 28.8 Å². The number of nitriles is 1. The van der Waals surface area contributed by atoms with Crippen LogP contribution < -0.4 is 5.32 Å². The summed E-state index contributed by atoms with van der Waals surface area (Å²) in [6.07, 6.45) is 1.30. The minimum atomic E-state index is -0.588. The molecule has 0 saturated carbocycles. The Balaban J connectivity index is 1.74. The summed E-state index contributed by atoms with van der Waals surface area (Å²) >= 11 is 0. The van der Waals surface area contributed by atoms with Gasteiger partial charge in [0.05, 0.1) is 6.07 Å². The minimum Gasteiger partial charge on any atom is -0.352 e. The van der Waals surface area contributed by atoms with E-state index in [9.17, 15) is 9.59 Å². The molecule has 2 amide bonds. The number of amides is 2. The third kappa shape index (κ3) is 2.57. The predicted octanol–water partition coefficient (Wildman–Crippen LogP) is 1.49. The Morgan fingerprint density at radius 1 is 1.41 bits per heavy atom. The van der Waals surface area contributed by atoms with Crippen molar-refractivity contribution < 1.29 is 9.59 Å². The second kappa shape index (κ2) is 5.80. The molecule has 22 heavy (non-hydrogen) atoms. The van der Waals surface area contributed by atoms with Crippen molar-refractivity contribution in [3.05, 3.63) is 35.4 Å². The smallest absolute Gasteiger partial charge is 0.254 e. The van der Waals surface area contributed by atoms with Gasteiger partial charge in [-0.3, -0.25) is 9.59 Å². The Hall–Kier alpha value is -2.35. The lowest BCUT2D eigenvalue weighted by Gasteiger charge is -2.42. The Labute approximate surface area is 129 Å². The van der Waals surface area contributed by atoms with E-state index in [-0.39, 0.29) is 23.8 Å². The van der Waals surface area contributed by atoms with Gasteiger partial charge >= 0.3 is 0 Å². The molecule has 5 heteroatoms. The van der Waals surface area contributed by atoms with E-state index in [0.29, 0.717) is 19.5 Å². The fraction of sp³-hybridized carbons (Fsp3) is 0.471. The Bertz CT molecular complexity index is 650. The number of fused-ring (bicyclic) bond motifs is 1. The number of carbonyl (C=O) groups is 2. The van der Waals surface area contributed by atoms with Gasteiger partial charge in [0.25, 0.3) is 5.91 Å². The van der Waals surface area contributed by atoms with Gasteiger partial charge in [-0.05, 0) is 37.3 Å². The maximum Gasteiger partial charge on any atom is 0.254 e. The topological polar surface area (TPSA) is 73.2 Å². The fourth-order valence-corrected chi connectivity index (χ4v) is 3.43. The first kappa shape index (κ1) is 14.6. The normalized spacial score (nSPS) is 27.5. The zero-order valence-corrected chi connectivity index (χ0v) is 12.6. The van der Waals surface area contributed by atoms with Crippen molar-refractivity contribution >= 4 is 11.8 Å². The highest BCUT2D eigenvalue weighted by molar-refractivity contribution is 5.95. The molecular formula is C17H19N3O2. The molecule has 2 heterocycles. The van der Waals surface area contributed by atoms with Crippen LogP contribution in [0.4, 0.5) is 0 Å². The summed E-state index contributed by atoms with van der Waals surface area (Å²) < 4.78 is 0. The maximum atomic E-state index is 12.7. The van der Waals surface area contributed by atoms with Gasteiger partial charge in [0.2, 0.25) is 5.91 Å². The molecule has 0 aliphatic carbocycles. The Morgan fingerprint density at radius 3 is 2.91 bits per heavy atom. The van der Waals surface area contributed by atoms with Gasteiger partial charge in [-0.1, -0.05) is 18.2 Å². The SMILES string of the molecule is Cc1ccccc1C(=O)N1CCC2NC(=O)C(C#N)CC2C1. The lowest BCUT2D eigenvalue weighted by atomic mass is 9.80. The van der Waals surface area contributed by atoms with Crippen LogP contribution >= 0.6 is 0 Å². The summed E-state index contributed by atoms with van der Waals surface area (Å²) in [6.45, 7) is 3.19. The number of carbonyl (C=O) groups excluding carboxylic acids is 2. The van der Waals surface area contributed by atoms with E-state index in [1.807, 2.05) is 36.1 Å². The summed E-state index contributed by atoms with van der Waals surface area (Å²) in [5.74, 6) is -0.539. The van der Waals surface area contributed by atoms with E-state index in [1.54, 1.807) is 0 Å². The standard InChI is InChI=1S/C17H19N3O2/c1-11-4-2-3-5-14(11)17(22)20-7-6-15-13(10-20)8-12(9-18)16(21)19-15/h2-5,12-13,15H,6-8,10H2,1H3,(H,19,21). The Kier molecular flexibility index (Phi) is 3.84. The largest absolute Gasteiger partial charge is 0.352 e. The van der Waals surface area contributed by atoms with Crippen molar-refractivity contribution in [2.45, 2.75) is 25.8 Å². The van der Waals surface area contributed by atoms with Gasteiger partial charge in [-0.2, -0.15) is 5.26 Å². The number of nitrogens with zero attached hydrogens (tertiary/aromatic N) is 2. The molecule has 0 bridgehead atoms. The first-order chi connectivity index (χ1) is 10.6. The van der Waals surface area contributed by atoms with Gasteiger partial charge < -0.3 is 10.2 Å². The third-order valence-electron chi connectivity index (χ3n) is 4.74. The van der Waals surface area contributed by atoms with Crippen LogP contribution in [0, 0.1) is 30.1 Å². The molecule has 0 radical (unpaired) electrons. The zero-order chi connectivity index (χ0) is 15.7. The molecule has 3 atom stereocenters. The molecule has 114 valence electrons. The fourth-order valence-electron chi connectivity index (χ4n) is 3.43. The van der Waals surface area contributed by atoms with Crippen molar-refractivity contribution in [2.24, 2.45) is 11.8 Å². The summed E-state index contributed by atoms with van der Waals surface area (Å²) in [5, 5.41) is 12.0. The van der Waals surface area contributed by atoms with Crippen LogP contribution in [-0.2, 0) is 4.79 Å². The molecule has 0 spiro atoms. The predicted molar refractivity (Wildman–Crippen MR) is 80.8 cm³/mol. The Morgan fingerprint density at radius 2 is 2.18 bits per heavy atom. The van der Waals surface area contributed by atoms with E-state index >= 15 is 0 Å². The van der Waals surface area contributed by atoms with Crippen LogP contribution in [0.5, 0.6) is 0 Å². The monoisotopic (exact) mass is 297 g/mol. The summed E-state index contributed by atoms with van der Waals surface area (Å²) in [7, 11) is 0. The molecule has 2 saturated heterocycles. The molecule has 2 fully saturated rings. The second-order valence-corrected chi connectivity index (χ2v) is 6.15. The molecule has 1 aromatic rings. The highest BCUT2D eigenvalue weighted by Crippen LogP contribution is 2.29. The van der Waals surface area contributed by atoms with Gasteiger partial charge in [0.15, 0.2) is 0 Å². The maximum absolute atomic E-state index is 12.7. The van der Waals surface area contributed by atoms with E-state index in [4.69, 9.17) is 5.26 Å². The van der Waals surface area contributed by atoms with E-state index < -0.39 is 5.92 Å². The molecule has 1 N–H and O–H groups in total. The van der Waals surface area contributed by atoms with Crippen LogP contribution in [0.15, 0.2) is 24.3 Å². The molecule has 3 unspecified atom stereocenters. The van der Waals surface area contributed by atoms with Crippen LogP contribution in [0.25, 0.3) is 0 Å². The van der Waals surface area contributed by atoms with E-state index in [0.717, 1.165) is 17.5 Å².